The first kappa shape index (κ1) is 17.0. The van der Waals surface area contributed by atoms with E-state index in [2.05, 4.69) is 41.9 Å². The number of hydrogen-bond donors (Lipinski definition) is 3. The monoisotopic (exact) mass is 313 g/mol. The summed E-state index contributed by atoms with van der Waals surface area (Å²) in [5.74, 6) is 0.685. The molecule has 1 aromatic rings. The van der Waals surface area contributed by atoms with Crippen LogP contribution in [0.4, 0.5) is 5.69 Å². The molecule has 1 aromatic carbocycles. The fourth-order valence-corrected chi connectivity index (χ4v) is 2.70. The molecule has 5 N–H and O–H groups in total. The van der Waals surface area contributed by atoms with E-state index < -0.39 is 0 Å². The molecule has 5 nitrogen and oxygen atoms in total. The third kappa shape index (κ3) is 3.51. The van der Waals surface area contributed by atoms with Gasteiger partial charge in [0.1, 0.15) is 5.82 Å². The lowest BCUT2D eigenvalue weighted by atomic mass is 10.1. The van der Waals surface area contributed by atoms with E-state index in [4.69, 9.17) is 11.5 Å². The van der Waals surface area contributed by atoms with Gasteiger partial charge in [-0.1, -0.05) is 25.6 Å². The highest BCUT2D eigenvalue weighted by atomic mass is 15.3. The van der Waals surface area contributed by atoms with Crippen LogP contribution in [-0.2, 0) is 13.0 Å². The van der Waals surface area contributed by atoms with Crippen molar-refractivity contribution in [1.82, 2.24) is 10.2 Å². The Morgan fingerprint density at radius 1 is 1.48 bits per heavy atom. The van der Waals surface area contributed by atoms with E-state index in [1.807, 2.05) is 31.1 Å². The van der Waals surface area contributed by atoms with Gasteiger partial charge in [-0.2, -0.15) is 0 Å². The van der Waals surface area contributed by atoms with Crippen molar-refractivity contribution in [1.29, 1.82) is 0 Å². The van der Waals surface area contributed by atoms with Crippen LogP contribution in [0, 0.1) is 0 Å². The predicted molar refractivity (Wildman–Crippen MR) is 97.4 cm³/mol. The van der Waals surface area contributed by atoms with Gasteiger partial charge in [0.2, 0.25) is 0 Å². The number of rotatable bonds is 6. The van der Waals surface area contributed by atoms with Crippen LogP contribution in [0.1, 0.15) is 18.1 Å². The maximum Gasteiger partial charge on any atom is 0.105 e. The summed E-state index contributed by atoms with van der Waals surface area (Å²) in [6.45, 7) is 7.29. The van der Waals surface area contributed by atoms with Gasteiger partial charge < -0.3 is 26.6 Å². The molecule has 0 aromatic heterocycles. The summed E-state index contributed by atoms with van der Waals surface area (Å²) in [5.41, 5.74) is 17.6. The number of likely N-dealkylation sites (N-methyl/N-ethyl adjacent to an activating group) is 1. The van der Waals surface area contributed by atoms with Crippen LogP contribution < -0.4 is 21.7 Å². The van der Waals surface area contributed by atoms with Crippen molar-refractivity contribution >= 4 is 5.69 Å². The summed E-state index contributed by atoms with van der Waals surface area (Å²) < 4.78 is 0. The van der Waals surface area contributed by atoms with Crippen LogP contribution in [0.15, 0.2) is 54.1 Å². The molecule has 0 atom stereocenters. The number of benzene rings is 1. The molecule has 0 radical (unpaired) electrons. The average molecular weight is 313 g/mol. The van der Waals surface area contributed by atoms with Crippen molar-refractivity contribution in [2.24, 2.45) is 11.5 Å². The van der Waals surface area contributed by atoms with Crippen LogP contribution in [0.25, 0.3) is 0 Å². The second kappa shape index (κ2) is 7.24. The van der Waals surface area contributed by atoms with E-state index in [-0.39, 0.29) is 0 Å². The van der Waals surface area contributed by atoms with E-state index in [1.165, 1.54) is 5.56 Å². The van der Waals surface area contributed by atoms with Crippen molar-refractivity contribution in [3.05, 3.63) is 65.3 Å². The topological polar surface area (TPSA) is 70.5 Å². The Labute approximate surface area is 138 Å². The molecule has 0 fully saturated rings. The maximum atomic E-state index is 6.34. The molecule has 0 spiro atoms. The summed E-state index contributed by atoms with van der Waals surface area (Å²) in [6.07, 6.45) is 4.73. The number of nitrogens with two attached hydrogens (primary N) is 2. The number of nitrogens with one attached hydrogen (secondary N) is 1. The van der Waals surface area contributed by atoms with Crippen molar-refractivity contribution < 1.29 is 0 Å². The minimum Gasteiger partial charge on any atom is -0.385 e. The zero-order valence-corrected chi connectivity index (χ0v) is 14.3. The van der Waals surface area contributed by atoms with Crippen LogP contribution in [-0.4, -0.2) is 25.7 Å². The largest absolute Gasteiger partial charge is 0.385 e. The maximum absolute atomic E-state index is 6.34. The Morgan fingerprint density at radius 3 is 2.83 bits per heavy atom. The number of hydrogen-bond acceptors (Lipinski definition) is 5. The molecule has 1 heterocycles. The van der Waals surface area contributed by atoms with E-state index in [1.54, 1.807) is 0 Å². The molecule has 1 aliphatic rings. The van der Waals surface area contributed by atoms with E-state index in [0.717, 1.165) is 35.7 Å². The van der Waals surface area contributed by atoms with Crippen LogP contribution in [0.3, 0.4) is 0 Å². The van der Waals surface area contributed by atoms with Crippen molar-refractivity contribution in [3.63, 3.8) is 0 Å². The molecule has 0 unspecified atom stereocenters. The summed E-state index contributed by atoms with van der Waals surface area (Å²) in [7, 11) is 4.01. The van der Waals surface area contributed by atoms with Gasteiger partial charge in [0.25, 0.3) is 0 Å². The Morgan fingerprint density at radius 2 is 2.22 bits per heavy atom. The SMILES string of the molecule is C=CC1=C(/C=C(\N)N(C)c2ccc(CN)cc2CC)N(C)CN1. The molecule has 0 saturated heterocycles. The van der Waals surface area contributed by atoms with Gasteiger partial charge in [-0.25, -0.2) is 0 Å². The number of anilines is 1. The zero-order chi connectivity index (χ0) is 17.0. The minimum atomic E-state index is 0.550. The summed E-state index contributed by atoms with van der Waals surface area (Å²) in [4.78, 5) is 4.12. The van der Waals surface area contributed by atoms with Gasteiger partial charge in [0.05, 0.1) is 18.1 Å². The Bertz CT molecular complexity index is 645. The highest BCUT2D eigenvalue weighted by Gasteiger charge is 2.16. The first-order valence-corrected chi connectivity index (χ1v) is 7.86. The van der Waals surface area contributed by atoms with Gasteiger partial charge in [-0.15, -0.1) is 0 Å². The van der Waals surface area contributed by atoms with Gasteiger partial charge in [0, 0.05) is 32.4 Å². The number of aryl methyl sites for hydroxylation is 1. The Kier molecular flexibility index (Phi) is 5.34. The normalized spacial score (nSPS) is 15.0. The average Bonchev–Trinajstić information content (AvgIpc) is 2.93. The van der Waals surface area contributed by atoms with Gasteiger partial charge in [-0.3, -0.25) is 0 Å². The van der Waals surface area contributed by atoms with Crippen molar-refractivity contribution in [2.75, 3.05) is 25.7 Å². The predicted octanol–water partition coefficient (Wildman–Crippen LogP) is 1.83. The fourth-order valence-electron chi connectivity index (χ4n) is 2.70. The molecule has 5 heteroatoms. The fraction of sp³-hybridized carbons (Fsp3) is 0.333. The van der Waals surface area contributed by atoms with E-state index >= 15 is 0 Å². The summed E-state index contributed by atoms with van der Waals surface area (Å²) >= 11 is 0. The molecule has 23 heavy (non-hydrogen) atoms. The third-order valence-electron chi connectivity index (χ3n) is 4.19. The zero-order valence-electron chi connectivity index (χ0n) is 14.3. The van der Waals surface area contributed by atoms with Crippen molar-refractivity contribution in [2.45, 2.75) is 19.9 Å². The van der Waals surface area contributed by atoms with Crippen LogP contribution in [0.5, 0.6) is 0 Å². The summed E-state index contributed by atoms with van der Waals surface area (Å²) in [6, 6.07) is 6.29. The quantitative estimate of drug-likeness (QED) is 0.747. The lowest BCUT2D eigenvalue weighted by molar-refractivity contribution is 0.452. The van der Waals surface area contributed by atoms with Gasteiger partial charge in [0.15, 0.2) is 0 Å². The number of allylic oxidation sites excluding steroid dienone is 2. The van der Waals surface area contributed by atoms with Crippen LogP contribution in [0.2, 0.25) is 0 Å². The molecular formula is C18H27N5. The molecule has 0 aliphatic carbocycles. The second-order valence-electron chi connectivity index (χ2n) is 5.68. The first-order chi connectivity index (χ1) is 11.0. The highest BCUT2D eigenvalue weighted by molar-refractivity contribution is 5.59. The molecule has 1 aliphatic heterocycles. The second-order valence-corrected chi connectivity index (χ2v) is 5.68. The van der Waals surface area contributed by atoms with Gasteiger partial charge in [-0.05, 0) is 29.7 Å². The smallest absolute Gasteiger partial charge is 0.105 e. The lowest BCUT2D eigenvalue weighted by Gasteiger charge is -2.24. The lowest BCUT2D eigenvalue weighted by Crippen LogP contribution is -2.25. The van der Waals surface area contributed by atoms with E-state index in [9.17, 15) is 0 Å². The van der Waals surface area contributed by atoms with Crippen molar-refractivity contribution in [3.8, 4) is 0 Å². The molecular weight excluding hydrogens is 286 g/mol. The molecule has 0 saturated carbocycles. The molecule has 0 bridgehead atoms. The Hall–Kier alpha value is -2.40. The van der Waals surface area contributed by atoms with Gasteiger partial charge >= 0.3 is 0 Å². The standard InChI is InChI=1S/C18H27N5/c1-5-14-9-13(11-19)7-8-16(14)23(4)18(20)10-17-15(6-2)21-12-22(17)3/h6-10,21H,2,5,11-12,19-20H2,1,3-4H3/b18-10+. The summed E-state index contributed by atoms with van der Waals surface area (Å²) in [5, 5.41) is 3.28. The molecule has 2 rings (SSSR count). The highest BCUT2D eigenvalue weighted by Crippen LogP contribution is 2.25. The van der Waals surface area contributed by atoms with E-state index in [0.29, 0.717) is 12.4 Å². The number of nitrogens with zero attached hydrogens (tertiary/aromatic N) is 2. The first-order valence-electron chi connectivity index (χ1n) is 7.86. The molecule has 124 valence electrons. The third-order valence-corrected chi connectivity index (χ3v) is 4.19. The Balaban J connectivity index is 2.34. The molecule has 0 amide bonds. The van der Waals surface area contributed by atoms with Crippen LogP contribution >= 0.6 is 0 Å². The minimum absolute atomic E-state index is 0.550.